The standard InChI is InChI=1S/C13H21N3OS2/c1-10(2)13(3,9-14)15-11(17)8-19-12(18)16-6-4-5-7-16/h10H,4-8H2,1-3H3,(H,15,17). The summed E-state index contributed by atoms with van der Waals surface area (Å²) in [5, 5.41) is 11.9. The van der Waals surface area contributed by atoms with Gasteiger partial charge in [0, 0.05) is 13.1 Å². The lowest BCUT2D eigenvalue weighted by atomic mass is 9.90. The summed E-state index contributed by atoms with van der Waals surface area (Å²) in [5.41, 5.74) is -0.813. The van der Waals surface area contributed by atoms with Crippen LogP contribution >= 0.6 is 24.0 Å². The lowest BCUT2D eigenvalue weighted by Gasteiger charge is -2.27. The van der Waals surface area contributed by atoms with Crippen LogP contribution in [0.25, 0.3) is 0 Å². The van der Waals surface area contributed by atoms with E-state index in [4.69, 9.17) is 17.5 Å². The Balaban J connectivity index is 2.39. The van der Waals surface area contributed by atoms with Crippen molar-refractivity contribution in [2.24, 2.45) is 5.92 Å². The molecule has 0 aromatic carbocycles. The maximum Gasteiger partial charge on any atom is 0.231 e. The van der Waals surface area contributed by atoms with Gasteiger partial charge in [-0.2, -0.15) is 5.26 Å². The van der Waals surface area contributed by atoms with Gasteiger partial charge in [-0.25, -0.2) is 0 Å². The zero-order valence-electron chi connectivity index (χ0n) is 11.7. The first-order valence-electron chi connectivity index (χ1n) is 6.53. The van der Waals surface area contributed by atoms with E-state index in [1.54, 1.807) is 6.92 Å². The Hall–Kier alpha value is -0.800. The van der Waals surface area contributed by atoms with E-state index in [0.717, 1.165) is 17.4 Å². The lowest BCUT2D eigenvalue weighted by Crippen LogP contribution is -2.49. The second kappa shape index (κ2) is 7.11. The van der Waals surface area contributed by atoms with Crippen molar-refractivity contribution in [1.82, 2.24) is 10.2 Å². The molecule has 1 fully saturated rings. The summed E-state index contributed by atoms with van der Waals surface area (Å²) in [6.07, 6.45) is 2.35. The van der Waals surface area contributed by atoms with Gasteiger partial charge >= 0.3 is 0 Å². The largest absolute Gasteiger partial charge is 0.358 e. The molecule has 4 nitrogen and oxygen atoms in total. The van der Waals surface area contributed by atoms with E-state index >= 15 is 0 Å². The second-order valence-corrected chi connectivity index (χ2v) is 6.87. The molecule has 106 valence electrons. The summed E-state index contributed by atoms with van der Waals surface area (Å²) >= 11 is 6.68. The highest BCUT2D eigenvalue weighted by Crippen LogP contribution is 2.18. The van der Waals surface area contributed by atoms with E-state index in [1.807, 2.05) is 13.8 Å². The number of rotatable bonds is 4. The molecule has 1 saturated heterocycles. The number of amides is 1. The molecule has 1 aliphatic heterocycles. The second-order valence-electron chi connectivity index (χ2n) is 5.27. The zero-order chi connectivity index (χ0) is 14.5. The summed E-state index contributed by atoms with van der Waals surface area (Å²) in [5.74, 6) is 0.209. The van der Waals surface area contributed by atoms with E-state index in [-0.39, 0.29) is 17.6 Å². The van der Waals surface area contributed by atoms with Crippen molar-refractivity contribution >= 4 is 34.2 Å². The van der Waals surface area contributed by atoms with Crippen molar-refractivity contribution in [2.75, 3.05) is 18.8 Å². The molecule has 1 unspecified atom stereocenters. The molecule has 1 rings (SSSR count). The zero-order valence-corrected chi connectivity index (χ0v) is 13.4. The number of hydrogen-bond acceptors (Lipinski definition) is 4. The first-order chi connectivity index (χ1) is 8.89. The molecule has 0 bridgehead atoms. The monoisotopic (exact) mass is 299 g/mol. The predicted octanol–water partition coefficient (Wildman–Crippen LogP) is 2.15. The van der Waals surface area contributed by atoms with Gasteiger partial charge in [-0.05, 0) is 25.7 Å². The fourth-order valence-electron chi connectivity index (χ4n) is 1.75. The van der Waals surface area contributed by atoms with Crippen LogP contribution in [-0.2, 0) is 4.79 Å². The van der Waals surface area contributed by atoms with Crippen molar-refractivity contribution in [1.29, 1.82) is 5.26 Å². The van der Waals surface area contributed by atoms with Crippen LogP contribution in [0.2, 0.25) is 0 Å². The van der Waals surface area contributed by atoms with Crippen LogP contribution in [0.1, 0.15) is 33.6 Å². The van der Waals surface area contributed by atoms with Gasteiger partial charge in [0.1, 0.15) is 9.86 Å². The Kier molecular flexibility index (Phi) is 6.08. The number of nitriles is 1. The first-order valence-corrected chi connectivity index (χ1v) is 7.92. The van der Waals surface area contributed by atoms with Gasteiger partial charge in [-0.1, -0.05) is 37.8 Å². The Morgan fingerprint density at radius 2 is 2.11 bits per heavy atom. The topological polar surface area (TPSA) is 56.1 Å². The number of nitrogens with one attached hydrogen (secondary N) is 1. The third-order valence-corrected chi connectivity index (χ3v) is 5.00. The van der Waals surface area contributed by atoms with Crippen molar-refractivity contribution < 1.29 is 4.79 Å². The van der Waals surface area contributed by atoms with Gasteiger partial charge in [0.15, 0.2) is 0 Å². The molecule has 6 heteroatoms. The summed E-state index contributed by atoms with van der Waals surface area (Å²) in [6.45, 7) is 7.58. The number of likely N-dealkylation sites (tertiary alicyclic amines) is 1. The van der Waals surface area contributed by atoms with Gasteiger partial charge in [0.05, 0.1) is 11.8 Å². The third-order valence-electron chi connectivity index (χ3n) is 3.48. The number of carbonyl (C=O) groups excluding carboxylic acids is 1. The van der Waals surface area contributed by atoms with Gasteiger partial charge in [0.2, 0.25) is 5.91 Å². The number of thioether (sulfide) groups is 1. The highest BCUT2D eigenvalue weighted by Gasteiger charge is 2.30. The molecule has 1 amide bonds. The van der Waals surface area contributed by atoms with Crippen LogP contribution in [0.15, 0.2) is 0 Å². The molecule has 0 aliphatic carbocycles. The normalized spacial score (nSPS) is 17.9. The summed E-state index contributed by atoms with van der Waals surface area (Å²) in [6, 6.07) is 2.17. The SMILES string of the molecule is CC(C)C(C)(C#N)NC(=O)CSC(=S)N1CCCC1. The molecule has 0 aromatic rings. The number of nitrogens with zero attached hydrogens (tertiary/aromatic N) is 2. The minimum atomic E-state index is -0.813. The Morgan fingerprint density at radius 3 is 2.58 bits per heavy atom. The van der Waals surface area contributed by atoms with Crippen molar-refractivity contribution in [3.63, 3.8) is 0 Å². The highest BCUT2D eigenvalue weighted by atomic mass is 32.2. The number of carbonyl (C=O) groups is 1. The molecule has 1 atom stereocenters. The molecular weight excluding hydrogens is 278 g/mol. The predicted molar refractivity (Wildman–Crippen MR) is 82.9 cm³/mol. The minimum absolute atomic E-state index is 0.0667. The average molecular weight is 299 g/mol. The molecule has 0 radical (unpaired) electrons. The van der Waals surface area contributed by atoms with Crippen LogP contribution in [0.5, 0.6) is 0 Å². The van der Waals surface area contributed by atoms with Gasteiger partial charge in [-0.3, -0.25) is 4.79 Å². The van der Waals surface area contributed by atoms with Gasteiger partial charge in [0.25, 0.3) is 0 Å². The average Bonchev–Trinajstić information content (AvgIpc) is 2.89. The van der Waals surface area contributed by atoms with Crippen LogP contribution in [-0.4, -0.2) is 39.5 Å². The maximum absolute atomic E-state index is 11.9. The van der Waals surface area contributed by atoms with E-state index in [0.29, 0.717) is 0 Å². The number of hydrogen-bond donors (Lipinski definition) is 1. The van der Waals surface area contributed by atoms with Crippen molar-refractivity contribution in [3.05, 3.63) is 0 Å². The van der Waals surface area contributed by atoms with E-state index in [1.165, 1.54) is 24.6 Å². The Bertz CT molecular complexity index is 386. The van der Waals surface area contributed by atoms with E-state index in [9.17, 15) is 4.79 Å². The molecule has 19 heavy (non-hydrogen) atoms. The molecule has 1 N–H and O–H groups in total. The third kappa shape index (κ3) is 4.66. The molecule has 1 heterocycles. The summed E-state index contributed by atoms with van der Waals surface area (Å²) < 4.78 is 0.788. The molecular formula is C13H21N3OS2. The first kappa shape index (κ1) is 16.3. The van der Waals surface area contributed by atoms with Crippen LogP contribution in [0.4, 0.5) is 0 Å². The smallest absolute Gasteiger partial charge is 0.231 e. The summed E-state index contributed by atoms with van der Waals surface area (Å²) in [7, 11) is 0. The number of thiocarbonyl (C=S) groups is 1. The van der Waals surface area contributed by atoms with Crippen LogP contribution in [0.3, 0.4) is 0 Å². The Morgan fingerprint density at radius 1 is 1.53 bits per heavy atom. The quantitative estimate of drug-likeness (QED) is 0.806. The summed E-state index contributed by atoms with van der Waals surface area (Å²) in [4.78, 5) is 14.0. The molecule has 1 aliphatic rings. The highest BCUT2D eigenvalue weighted by molar-refractivity contribution is 8.23. The molecule has 0 saturated carbocycles. The molecule has 0 aromatic heterocycles. The van der Waals surface area contributed by atoms with Crippen LogP contribution in [0, 0.1) is 17.2 Å². The Labute approximate surface area is 124 Å². The van der Waals surface area contributed by atoms with Gasteiger partial charge < -0.3 is 10.2 Å². The van der Waals surface area contributed by atoms with Gasteiger partial charge in [-0.15, -0.1) is 0 Å². The van der Waals surface area contributed by atoms with Crippen LogP contribution < -0.4 is 5.32 Å². The lowest BCUT2D eigenvalue weighted by molar-refractivity contribution is -0.120. The van der Waals surface area contributed by atoms with E-state index < -0.39 is 5.54 Å². The minimum Gasteiger partial charge on any atom is -0.358 e. The maximum atomic E-state index is 11.9. The van der Waals surface area contributed by atoms with Crippen molar-refractivity contribution in [3.8, 4) is 6.07 Å². The van der Waals surface area contributed by atoms with Crippen molar-refractivity contribution in [2.45, 2.75) is 39.2 Å². The fourth-order valence-corrected chi connectivity index (χ4v) is 2.80. The fraction of sp³-hybridized carbons (Fsp3) is 0.769. The molecule has 0 spiro atoms. The van der Waals surface area contributed by atoms with E-state index in [2.05, 4.69) is 16.3 Å².